The summed E-state index contributed by atoms with van der Waals surface area (Å²) in [6.07, 6.45) is 8.88. The number of fused-ring (bicyclic) bond motifs is 3. The number of carbonyl (C=O) groups is 1. The number of rotatable bonds is 9. The predicted octanol–water partition coefficient (Wildman–Crippen LogP) is 6.77. The topological polar surface area (TPSA) is 101 Å². The van der Waals surface area contributed by atoms with Gasteiger partial charge in [-0.1, -0.05) is 47.5 Å². The fraction of sp³-hybridized carbons (Fsp3) is 0.459. The number of aliphatic hydroxyl groups is 1. The van der Waals surface area contributed by atoms with E-state index in [2.05, 4.69) is 44.5 Å². The first kappa shape index (κ1) is 31.4. The summed E-state index contributed by atoms with van der Waals surface area (Å²) in [6.45, 7) is 3.97. The largest absolute Gasteiger partial charge is 0.396 e. The molecule has 9 nitrogen and oxygen atoms in total. The van der Waals surface area contributed by atoms with Gasteiger partial charge in [0.25, 0.3) is 5.91 Å². The molecule has 0 bridgehead atoms. The molecule has 2 aromatic carbocycles. The molecule has 5 unspecified atom stereocenters. The second-order valence-electron chi connectivity index (χ2n) is 15.2. The van der Waals surface area contributed by atoms with Gasteiger partial charge in [0.1, 0.15) is 11.7 Å². The Hall–Kier alpha value is -3.35. The molecule has 0 spiro atoms. The Labute approximate surface area is 302 Å². The first-order valence-electron chi connectivity index (χ1n) is 17.5. The molecule has 13 heteroatoms. The maximum Gasteiger partial charge on any atom is 0.257 e. The van der Waals surface area contributed by atoms with E-state index in [1.165, 1.54) is 41.0 Å². The van der Waals surface area contributed by atoms with E-state index in [1.54, 1.807) is 28.7 Å². The van der Waals surface area contributed by atoms with Gasteiger partial charge in [0, 0.05) is 59.4 Å². The first-order valence-corrected chi connectivity index (χ1v) is 19.1. The van der Waals surface area contributed by atoms with E-state index in [1.807, 2.05) is 6.07 Å². The standard InChI is InChI=1S/C37H36Cl2FN7O2S/c38-27-12-24(21-1-3-22(4-2-21)37-17-36(13-26(37)33(36)37)18-45-8-5-20(16-48)6-9-45)29(39)30-25(27)15-47(44-30)32(34(49)43-35-41-7-10-50-35)31-28-11-23(40)14-46(28)19-42-31/h1-4,7,10,12,15,19-20,23,26,32-33,48H,5-6,8-9,11,13-14,16-18H2,(H,41,43,49)/t23-,26?,32?,33?,36?,37?/m1/s1. The lowest BCUT2D eigenvalue weighted by Crippen LogP contribution is -2.51. The van der Waals surface area contributed by atoms with Crippen molar-refractivity contribution in [3.8, 4) is 11.1 Å². The third-order valence-electron chi connectivity index (χ3n) is 12.6. The number of aliphatic hydroxyl groups excluding tert-OH is 1. The van der Waals surface area contributed by atoms with Gasteiger partial charge < -0.3 is 14.6 Å². The molecule has 3 aliphatic carbocycles. The average molecular weight is 733 g/mol. The van der Waals surface area contributed by atoms with Gasteiger partial charge in [-0.15, -0.1) is 11.3 Å². The van der Waals surface area contributed by atoms with E-state index in [0.717, 1.165) is 48.9 Å². The average Bonchev–Trinajstić information content (AvgIpc) is 3.86. The van der Waals surface area contributed by atoms with Crippen LogP contribution in [0.5, 0.6) is 0 Å². The van der Waals surface area contributed by atoms with Crippen molar-refractivity contribution in [2.24, 2.45) is 23.2 Å². The number of anilines is 1. The van der Waals surface area contributed by atoms with Gasteiger partial charge in [0.15, 0.2) is 11.2 Å². The molecule has 3 aromatic heterocycles. The summed E-state index contributed by atoms with van der Waals surface area (Å²) in [5.74, 6) is 1.68. The number of alkyl halides is 1. The third kappa shape index (κ3) is 4.56. The normalized spacial score (nSPS) is 28.9. The SMILES string of the molecule is O=C(Nc1nccs1)C(c1ncn2c1C[C@@H](F)C2)n1cc2c(Cl)cc(-c3ccc(C45CC6(CN7CCC(CO)CC7)CC4C65)cc3)c(Cl)c2n1. The zero-order chi connectivity index (χ0) is 33.9. The molecular weight excluding hydrogens is 696 g/mol. The van der Waals surface area contributed by atoms with Gasteiger partial charge in [-0.3, -0.25) is 14.8 Å². The number of benzene rings is 2. The van der Waals surface area contributed by atoms with Crippen LogP contribution < -0.4 is 5.32 Å². The first-order chi connectivity index (χ1) is 24.3. The summed E-state index contributed by atoms with van der Waals surface area (Å²) in [7, 11) is 0. The number of nitrogens with zero attached hydrogens (tertiary/aromatic N) is 6. The van der Waals surface area contributed by atoms with Crippen LogP contribution >= 0.6 is 34.5 Å². The van der Waals surface area contributed by atoms with Crippen LogP contribution in [0.2, 0.25) is 10.0 Å². The molecule has 5 aliphatic rings. The fourth-order valence-electron chi connectivity index (χ4n) is 10.3. The molecule has 1 saturated heterocycles. The van der Waals surface area contributed by atoms with Crippen LogP contribution in [-0.4, -0.2) is 72.6 Å². The van der Waals surface area contributed by atoms with Crippen LogP contribution in [0.25, 0.3) is 22.0 Å². The summed E-state index contributed by atoms with van der Waals surface area (Å²) in [5, 5.41) is 21.0. The van der Waals surface area contributed by atoms with Crippen molar-refractivity contribution >= 4 is 56.5 Å². The van der Waals surface area contributed by atoms with Crippen molar-refractivity contribution in [3.05, 3.63) is 81.4 Å². The summed E-state index contributed by atoms with van der Waals surface area (Å²) in [4.78, 5) is 25.2. The maximum atomic E-state index is 14.4. The van der Waals surface area contributed by atoms with Crippen molar-refractivity contribution in [1.82, 2.24) is 29.2 Å². The van der Waals surface area contributed by atoms with Crippen LogP contribution in [0.1, 0.15) is 48.7 Å². The molecule has 0 radical (unpaired) electrons. The number of likely N-dealkylation sites (tertiary alicyclic amines) is 1. The predicted molar refractivity (Wildman–Crippen MR) is 191 cm³/mol. The Bertz CT molecular complexity index is 2150. The highest BCUT2D eigenvalue weighted by atomic mass is 35.5. The minimum atomic E-state index is -1.04. The Morgan fingerprint density at radius 3 is 2.74 bits per heavy atom. The Balaban J connectivity index is 0.924. The lowest BCUT2D eigenvalue weighted by atomic mass is 9.57. The molecule has 258 valence electrons. The number of piperidine rings is 1. The summed E-state index contributed by atoms with van der Waals surface area (Å²) in [6, 6.07) is 9.72. The molecule has 5 aromatic rings. The van der Waals surface area contributed by atoms with Crippen molar-refractivity contribution in [3.63, 3.8) is 0 Å². The molecule has 2 N–H and O–H groups in total. The lowest BCUT2D eigenvalue weighted by Gasteiger charge is -2.51. The lowest BCUT2D eigenvalue weighted by molar-refractivity contribution is -0.118. The zero-order valence-electron chi connectivity index (χ0n) is 27.2. The molecule has 2 aliphatic heterocycles. The number of imidazole rings is 1. The van der Waals surface area contributed by atoms with Crippen molar-refractivity contribution in [1.29, 1.82) is 0 Å². The molecule has 6 atom stereocenters. The quantitative estimate of drug-likeness (QED) is 0.174. The molecule has 4 fully saturated rings. The monoisotopic (exact) mass is 731 g/mol. The van der Waals surface area contributed by atoms with E-state index in [-0.39, 0.29) is 18.9 Å². The summed E-state index contributed by atoms with van der Waals surface area (Å²) < 4.78 is 17.7. The second-order valence-corrected chi connectivity index (χ2v) is 16.9. The number of aromatic nitrogens is 5. The highest BCUT2D eigenvalue weighted by Crippen LogP contribution is 2.92. The molecule has 5 heterocycles. The highest BCUT2D eigenvalue weighted by Gasteiger charge is 2.89. The fourth-order valence-corrected chi connectivity index (χ4v) is 11.4. The third-order valence-corrected chi connectivity index (χ3v) is 14.0. The number of thiazole rings is 1. The van der Waals surface area contributed by atoms with E-state index in [0.29, 0.717) is 60.8 Å². The van der Waals surface area contributed by atoms with Crippen molar-refractivity contribution in [2.75, 3.05) is 31.6 Å². The number of halogens is 3. The van der Waals surface area contributed by atoms with Crippen molar-refractivity contribution in [2.45, 2.75) is 56.3 Å². The molecule has 50 heavy (non-hydrogen) atoms. The summed E-state index contributed by atoms with van der Waals surface area (Å²) >= 11 is 15.3. The Morgan fingerprint density at radius 1 is 1.18 bits per heavy atom. The number of hydrogen-bond donors (Lipinski definition) is 2. The molecule has 10 rings (SSSR count). The van der Waals surface area contributed by atoms with Gasteiger partial charge in [0.05, 0.1) is 28.6 Å². The second kappa shape index (κ2) is 11.3. The van der Waals surface area contributed by atoms with Gasteiger partial charge >= 0.3 is 0 Å². The summed E-state index contributed by atoms with van der Waals surface area (Å²) in [5.41, 5.74) is 5.56. The van der Waals surface area contributed by atoms with Gasteiger partial charge in [-0.25, -0.2) is 14.4 Å². The van der Waals surface area contributed by atoms with Crippen molar-refractivity contribution < 1.29 is 14.3 Å². The van der Waals surface area contributed by atoms with E-state index in [9.17, 15) is 14.3 Å². The van der Waals surface area contributed by atoms with Crippen LogP contribution in [0.4, 0.5) is 9.52 Å². The molecule has 3 saturated carbocycles. The highest BCUT2D eigenvalue weighted by molar-refractivity contribution is 7.13. The number of carbonyl (C=O) groups excluding carboxylic acids is 1. The van der Waals surface area contributed by atoms with Gasteiger partial charge in [0.2, 0.25) is 0 Å². The minimum Gasteiger partial charge on any atom is -0.396 e. The van der Waals surface area contributed by atoms with Crippen LogP contribution in [0.3, 0.4) is 0 Å². The maximum absolute atomic E-state index is 14.4. The Morgan fingerprint density at radius 2 is 2.00 bits per heavy atom. The van der Waals surface area contributed by atoms with E-state index >= 15 is 0 Å². The van der Waals surface area contributed by atoms with Crippen LogP contribution in [0.15, 0.2) is 54.4 Å². The number of hydrogen-bond acceptors (Lipinski definition) is 7. The van der Waals surface area contributed by atoms with Crippen LogP contribution in [0, 0.1) is 23.2 Å². The molecular formula is C37H36Cl2FN7O2S. The Kier molecular flexibility index (Phi) is 7.11. The van der Waals surface area contributed by atoms with E-state index in [4.69, 9.17) is 28.3 Å². The zero-order valence-corrected chi connectivity index (χ0v) is 29.6. The van der Waals surface area contributed by atoms with E-state index < -0.39 is 12.2 Å². The minimum absolute atomic E-state index is 0.173. The van der Waals surface area contributed by atoms with Gasteiger partial charge in [-0.05, 0) is 79.1 Å². The number of amides is 1. The number of nitrogens with one attached hydrogen (secondary N) is 1. The molecule has 1 amide bonds. The van der Waals surface area contributed by atoms with Gasteiger partial charge in [-0.2, -0.15) is 5.10 Å². The van der Waals surface area contributed by atoms with Crippen LogP contribution in [-0.2, 0) is 23.2 Å². The smallest absolute Gasteiger partial charge is 0.257 e.